The minimum atomic E-state index is -1.10. The summed E-state index contributed by atoms with van der Waals surface area (Å²) < 4.78 is 27.9. The Morgan fingerprint density at radius 3 is 2.30 bits per heavy atom. The van der Waals surface area contributed by atoms with E-state index in [1.54, 1.807) is 58.8 Å². The van der Waals surface area contributed by atoms with Crippen LogP contribution in [0.15, 0.2) is 24.5 Å². The van der Waals surface area contributed by atoms with E-state index in [0.29, 0.717) is 45.2 Å². The van der Waals surface area contributed by atoms with Gasteiger partial charge in [-0.1, -0.05) is 13.8 Å². The molecule has 9 heteroatoms. The molecule has 8 nitrogen and oxygen atoms in total. The lowest BCUT2D eigenvalue weighted by Gasteiger charge is -2.21. The summed E-state index contributed by atoms with van der Waals surface area (Å²) in [6.07, 6.45) is 4.80. The Labute approximate surface area is 177 Å². The van der Waals surface area contributed by atoms with Gasteiger partial charge < -0.3 is 19.2 Å². The second-order valence-corrected chi connectivity index (χ2v) is 8.93. The van der Waals surface area contributed by atoms with E-state index in [0.717, 1.165) is 0 Å². The van der Waals surface area contributed by atoms with Gasteiger partial charge in [0.1, 0.15) is 5.52 Å². The minimum absolute atomic E-state index is 0.139. The van der Waals surface area contributed by atoms with Crippen LogP contribution in [-0.4, -0.2) is 58.3 Å². The lowest BCUT2D eigenvalue weighted by molar-refractivity contribution is 0.0864. The Kier molecular flexibility index (Phi) is 6.12. The summed E-state index contributed by atoms with van der Waals surface area (Å²) in [6, 6.07) is 3.55. The summed E-state index contributed by atoms with van der Waals surface area (Å²) in [7, 11) is 3.51. The van der Waals surface area contributed by atoms with E-state index in [9.17, 15) is 9.00 Å². The molecule has 0 bridgehead atoms. The molecule has 0 saturated carbocycles. The first-order chi connectivity index (χ1) is 14.2. The summed E-state index contributed by atoms with van der Waals surface area (Å²) in [6.45, 7) is 3.57. The van der Waals surface area contributed by atoms with Gasteiger partial charge in [0, 0.05) is 40.0 Å². The number of ketones is 1. The van der Waals surface area contributed by atoms with Crippen molar-refractivity contribution in [3.05, 3.63) is 30.1 Å². The zero-order valence-corrected chi connectivity index (χ0v) is 18.7. The Hall–Kier alpha value is -2.94. The molecule has 0 aliphatic rings. The molecule has 3 rings (SSSR count). The minimum Gasteiger partial charge on any atom is -0.493 e. The van der Waals surface area contributed by atoms with Gasteiger partial charge in [-0.05, 0) is 12.1 Å². The zero-order valence-electron chi connectivity index (χ0n) is 17.9. The van der Waals surface area contributed by atoms with Gasteiger partial charge in [0.05, 0.1) is 38.8 Å². The van der Waals surface area contributed by atoms with Gasteiger partial charge in [-0.2, -0.15) is 0 Å². The van der Waals surface area contributed by atoms with Crippen LogP contribution in [0.5, 0.6) is 17.2 Å². The van der Waals surface area contributed by atoms with Crippen molar-refractivity contribution in [2.45, 2.75) is 13.8 Å². The van der Waals surface area contributed by atoms with E-state index in [4.69, 9.17) is 14.2 Å². The number of aromatic nitrogens is 3. The molecule has 1 atom stereocenters. The Morgan fingerprint density at radius 2 is 1.77 bits per heavy atom. The van der Waals surface area contributed by atoms with Crippen molar-refractivity contribution in [2.75, 3.05) is 33.3 Å². The molecule has 2 aromatic heterocycles. The van der Waals surface area contributed by atoms with Crippen LogP contribution < -0.4 is 14.2 Å². The molecule has 0 radical (unpaired) electrons. The van der Waals surface area contributed by atoms with Crippen LogP contribution in [0, 0.1) is 5.41 Å². The number of carbonyl (C=O) groups excluding carboxylic acids is 1. The maximum Gasteiger partial charge on any atom is 0.203 e. The number of H-pyrrole nitrogens is 1. The van der Waals surface area contributed by atoms with E-state index in [2.05, 4.69) is 15.0 Å². The van der Waals surface area contributed by atoms with Crippen LogP contribution in [0.1, 0.15) is 24.2 Å². The number of Topliss-reactive ketones (excluding diaryl/α,β-unsaturated/α-hetero) is 1. The average molecular weight is 432 g/mol. The van der Waals surface area contributed by atoms with Crippen molar-refractivity contribution in [1.82, 2.24) is 15.0 Å². The molecule has 1 aromatic carbocycles. The number of methoxy groups -OCH3 is 3. The molecule has 30 heavy (non-hydrogen) atoms. The summed E-state index contributed by atoms with van der Waals surface area (Å²) in [5, 5.41) is 0. The van der Waals surface area contributed by atoms with Crippen LogP contribution in [0.3, 0.4) is 0 Å². The van der Waals surface area contributed by atoms with Crippen molar-refractivity contribution in [1.29, 1.82) is 0 Å². The molecular weight excluding hydrogens is 406 g/mol. The number of ether oxygens (including phenoxy) is 3. The zero-order chi connectivity index (χ0) is 22.1. The summed E-state index contributed by atoms with van der Waals surface area (Å²) in [5.74, 6) is 1.58. The summed E-state index contributed by atoms with van der Waals surface area (Å²) in [4.78, 5) is 25.2. The third-order valence-corrected chi connectivity index (χ3v) is 5.89. The molecule has 3 aromatic rings. The lowest BCUT2D eigenvalue weighted by Crippen LogP contribution is -2.30. The SMILES string of the molecule is COc1cc(-c2cnc3[nH]cc(C(=O)C(C)(C)CS(C)=O)c3n2)cc(OC)c1OC. The van der Waals surface area contributed by atoms with Crippen molar-refractivity contribution >= 4 is 27.7 Å². The molecule has 0 saturated heterocycles. The van der Waals surface area contributed by atoms with Crippen molar-refractivity contribution in [3.63, 3.8) is 0 Å². The number of nitrogens with one attached hydrogen (secondary N) is 1. The molecule has 0 amide bonds. The molecule has 160 valence electrons. The largest absolute Gasteiger partial charge is 0.493 e. The smallest absolute Gasteiger partial charge is 0.203 e. The Bertz CT molecular complexity index is 1100. The number of aromatic amines is 1. The van der Waals surface area contributed by atoms with Gasteiger partial charge in [0.25, 0.3) is 0 Å². The fourth-order valence-corrected chi connectivity index (χ4v) is 4.52. The van der Waals surface area contributed by atoms with Crippen LogP contribution in [0.2, 0.25) is 0 Å². The predicted octanol–water partition coefficient (Wildman–Crippen LogP) is 3.24. The number of rotatable bonds is 8. The van der Waals surface area contributed by atoms with Crippen LogP contribution in [-0.2, 0) is 10.8 Å². The Balaban J connectivity index is 2.12. The monoisotopic (exact) mass is 431 g/mol. The number of nitrogens with zero attached hydrogens (tertiary/aromatic N) is 2. The molecule has 1 N–H and O–H groups in total. The number of hydrogen-bond donors (Lipinski definition) is 1. The molecule has 0 aliphatic heterocycles. The van der Waals surface area contributed by atoms with E-state index in [-0.39, 0.29) is 11.5 Å². The first-order valence-corrected chi connectivity index (χ1v) is 10.9. The lowest BCUT2D eigenvalue weighted by atomic mass is 9.87. The van der Waals surface area contributed by atoms with Crippen LogP contribution >= 0.6 is 0 Å². The van der Waals surface area contributed by atoms with Crippen molar-refractivity contribution in [2.24, 2.45) is 5.41 Å². The standard InChI is InChI=1S/C21H25N3O5S/c1-21(2,11-30(6)26)19(25)13-9-22-20-17(13)24-14(10-23-20)12-7-15(27-3)18(29-5)16(8-12)28-4/h7-10H,11H2,1-6H3,(H,22,23). The van der Waals surface area contributed by atoms with Gasteiger partial charge in [-0.15, -0.1) is 0 Å². The second-order valence-electron chi connectivity index (χ2n) is 7.50. The highest BCUT2D eigenvalue weighted by Crippen LogP contribution is 2.41. The molecule has 0 aliphatic carbocycles. The predicted molar refractivity (Wildman–Crippen MR) is 116 cm³/mol. The second kappa shape index (κ2) is 8.43. The highest BCUT2D eigenvalue weighted by Gasteiger charge is 2.32. The highest BCUT2D eigenvalue weighted by molar-refractivity contribution is 7.84. The van der Waals surface area contributed by atoms with Crippen LogP contribution in [0.25, 0.3) is 22.4 Å². The number of fused-ring (bicyclic) bond motifs is 1. The number of hydrogen-bond acceptors (Lipinski definition) is 7. The van der Waals surface area contributed by atoms with Gasteiger partial charge in [-0.3, -0.25) is 9.00 Å². The van der Waals surface area contributed by atoms with Crippen LogP contribution in [0.4, 0.5) is 0 Å². The average Bonchev–Trinajstić information content (AvgIpc) is 3.13. The quantitative estimate of drug-likeness (QED) is 0.546. The molecule has 2 heterocycles. The topological polar surface area (TPSA) is 103 Å². The maximum atomic E-state index is 13.1. The third kappa shape index (κ3) is 4.02. The van der Waals surface area contributed by atoms with E-state index < -0.39 is 16.2 Å². The van der Waals surface area contributed by atoms with Crippen molar-refractivity contribution in [3.8, 4) is 28.5 Å². The fraction of sp³-hybridized carbons (Fsp3) is 0.381. The van der Waals surface area contributed by atoms with Gasteiger partial charge in [-0.25, -0.2) is 9.97 Å². The Morgan fingerprint density at radius 1 is 1.13 bits per heavy atom. The van der Waals surface area contributed by atoms with Crippen molar-refractivity contribution < 1.29 is 23.2 Å². The highest BCUT2D eigenvalue weighted by atomic mass is 32.2. The summed E-state index contributed by atoms with van der Waals surface area (Å²) in [5.41, 5.74) is 1.84. The first kappa shape index (κ1) is 21.8. The fourth-order valence-electron chi connectivity index (χ4n) is 3.37. The third-order valence-electron chi connectivity index (χ3n) is 4.76. The molecule has 0 spiro atoms. The van der Waals surface area contributed by atoms with E-state index in [1.807, 2.05) is 0 Å². The number of benzene rings is 1. The summed E-state index contributed by atoms with van der Waals surface area (Å²) >= 11 is 0. The normalized spacial score (nSPS) is 12.6. The molecule has 0 fully saturated rings. The van der Waals surface area contributed by atoms with Gasteiger partial charge in [0.2, 0.25) is 5.75 Å². The van der Waals surface area contributed by atoms with Gasteiger partial charge in [0.15, 0.2) is 22.9 Å². The van der Waals surface area contributed by atoms with E-state index >= 15 is 0 Å². The van der Waals surface area contributed by atoms with Gasteiger partial charge >= 0.3 is 0 Å². The molecular formula is C21H25N3O5S. The maximum absolute atomic E-state index is 13.1. The van der Waals surface area contributed by atoms with E-state index in [1.165, 1.54) is 7.11 Å². The first-order valence-electron chi connectivity index (χ1n) is 9.21. The number of carbonyl (C=O) groups is 1. The molecule has 1 unspecified atom stereocenters.